The van der Waals surface area contributed by atoms with Gasteiger partial charge in [0.25, 0.3) is 5.91 Å². The third kappa shape index (κ3) is 2.88. The summed E-state index contributed by atoms with van der Waals surface area (Å²) in [5.74, 6) is -0.0461. The molecule has 23 heavy (non-hydrogen) atoms. The van der Waals surface area contributed by atoms with Crippen LogP contribution in [0.4, 0.5) is 5.69 Å². The van der Waals surface area contributed by atoms with Gasteiger partial charge in [-0.05, 0) is 30.7 Å². The fraction of sp³-hybridized carbons (Fsp3) is 0.158. The molecule has 1 aromatic heterocycles. The van der Waals surface area contributed by atoms with Crippen molar-refractivity contribution >= 4 is 11.6 Å². The van der Waals surface area contributed by atoms with Gasteiger partial charge in [0.15, 0.2) is 0 Å². The fourth-order valence-corrected chi connectivity index (χ4v) is 2.63. The van der Waals surface area contributed by atoms with E-state index in [1.54, 1.807) is 18.1 Å². The van der Waals surface area contributed by atoms with E-state index in [1.807, 2.05) is 72.3 Å². The second-order valence-corrected chi connectivity index (χ2v) is 5.31. The summed E-state index contributed by atoms with van der Waals surface area (Å²) >= 11 is 0. The lowest BCUT2D eigenvalue weighted by Crippen LogP contribution is -2.26. The molecule has 0 N–H and O–H groups in total. The SMILES string of the molecule is CCc1c(C(=O)N(C)c2ccccc2)cnn1-c1ccccc1. The second kappa shape index (κ2) is 6.48. The number of carbonyl (C=O) groups excluding carboxylic acids is 1. The Morgan fingerprint density at radius 2 is 1.65 bits per heavy atom. The van der Waals surface area contributed by atoms with E-state index in [0.29, 0.717) is 5.56 Å². The molecule has 1 heterocycles. The van der Waals surface area contributed by atoms with Crippen LogP contribution < -0.4 is 4.90 Å². The van der Waals surface area contributed by atoms with Gasteiger partial charge in [0.1, 0.15) is 0 Å². The molecule has 0 saturated carbocycles. The zero-order valence-corrected chi connectivity index (χ0v) is 13.3. The molecule has 0 fully saturated rings. The van der Waals surface area contributed by atoms with Gasteiger partial charge in [-0.3, -0.25) is 4.79 Å². The quantitative estimate of drug-likeness (QED) is 0.737. The van der Waals surface area contributed by atoms with Crippen LogP contribution in [0, 0.1) is 0 Å². The number of aromatic nitrogens is 2. The van der Waals surface area contributed by atoms with Crippen molar-refractivity contribution in [2.45, 2.75) is 13.3 Å². The molecule has 0 aliphatic rings. The standard InChI is InChI=1S/C19H19N3O/c1-3-18-17(14-20-22(18)16-12-8-5-9-13-16)19(23)21(2)15-10-6-4-7-11-15/h4-14H,3H2,1-2H3. The minimum Gasteiger partial charge on any atom is -0.311 e. The van der Waals surface area contributed by atoms with Crippen LogP contribution in [0.15, 0.2) is 66.9 Å². The first-order valence-corrected chi connectivity index (χ1v) is 7.67. The normalized spacial score (nSPS) is 10.5. The van der Waals surface area contributed by atoms with Crippen molar-refractivity contribution in [1.29, 1.82) is 0 Å². The first-order valence-electron chi connectivity index (χ1n) is 7.67. The number of para-hydroxylation sites is 2. The Bertz CT molecular complexity index is 794. The topological polar surface area (TPSA) is 38.1 Å². The zero-order valence-electron chi connectivity index (χ0n) is 13.3. The molecular formula is C19H19N3O. The van der Waals surface area contributed by atoms with E-state index in [-0.39, 0.29) is 5.91 Å². The molecule has 3 rings (SSSR count). The zero-order chi connectivity index (χ0) is 16.2. The summed E-state index contributed by atoms with van der Waals surface area (Å²) in [7, 11) is 1.79. The van der Waals surface area contributed by atoms with Crippen LogP contribution in [0.2, 0.25) is 0 Å². The molecule has 3 aromatic rings. The van der Waals surface area contributed by atoms with Crippen LogP contribution >= 0.6 is 0 Å². The molecule has 0 saturated heterocycles. The average Bonchev–Trinajstić information content (AvgIpc) is 3.06. The van der Waals surface area contributed by atoms with Gasteiger partial charge in [-0.15, -0.1) is 0 Å². The summed E-state index contributed by atoms with van der Waals surface area (Å²) in [4.78, 5) is 14.5. The van der Waals surface area contributed by atoms with E-state index >= 15 is 0 Å². The summed E-state index contributed by atoms with van der Waals surface area (Å²) in [6, 6.07) is 19.5. The minimum absolute atomic E-state index is 0.0461. The van der Waals surface area contributed by atoms with Crippen molar-refractivity contribution in [3.63, 3.8) is 0 Å². The van der Waals surface area contributed by atoms with E-state index in [1.165, 1.54) is 0 Å². The molecule has 0 aliphatic heterocycles. The molecular weight excluding hydrogens is 286 g/mol. The average molecular weight is 305 g/mol. The van der Waals surface area contributed by atoms with Crippen molar-refractivity contribution < 1.29 is 4.79 Å². The highest BCUT2D eigenvalue weighted by Crippen LogP contribution is 2.20. The van der Waals surface area contributed by atoms with E-state index in [9.17, 15) is 4.79 Å². The monoisotopic (exact) mass is 305 g/mol. The lowest BCUT2D eigenvalue weighted by Gasteiger charge is -2.17. The third-order valence-electron chi connectivity index (χ3n) is 3.88. The Labute approximate surface area is 136 Å². The molecule has 4 nitrogen and oxygen atoms in total. The number of amides is 1. The van der Waals surface area contributed by atoms with Crippen LogP contribution in [0.3, 0.4) is 0 Å². The Morgan fingerprint density at radius 1 is 1.04 bits per heavy atom. The molecule has 0 radical (unpaired) electrons. The Hall–Kier alpha value is -2.88. The number of nitrogens with zero attached hydrogens (tertiary/aromatic N) is 3. The van der Waals surface area contributed by atoms with Gasteiger partial charge in [-0.25, -0.2) is 4.68 Å². The lowest BCUT2D eigenvalue weighted by molar-refractivity contribution is 0.0992. The number of hydrogen-bond acceptors (Lipinski definition) is 2. The maximum absolute atomic E-state index is 12.8. The first kappa shape index (κ1) is 15.0. The van der Waals surface area contributed by atoms with E-state index in [2.05, 4.69) is 5.10 Å². The molecule has 2 aromatic carbocycles. The summed E-state index contributed by atoms with van der Waals surface area (Å²) in [5, 5.41) is 4.42. The Kier molecular flexibility index (Phi) is 4.24. The largest absolute Gasteiger partial charge is 0.311 e. The second-order valence-electron chi connectivity index (χ2n) is 5.31. The van der Waals surface area contributed by atoms with Gasteiger partial charge >= 0.3 is 0 Å². The van der Waals surface area contributed by atoms with Crippen molar-refractivity contribution in [3.05, 3.63) is 78.1 Å². The Morgan fingerprint density at radius 3 is 2.26 bits per heavy atom. The highest BCUT2D eigenvalue weighted by atomic mass is 16.2. The number of benzene rings is 2. The van der Waals surface area contributed by atoms with Gasteiger partial charge in [-0.1, -0.05) is 43.3 Å². The predicted molar refractivity (Wildman–Crippen MR) is 92.1 cm³/mol. The molecule has 4 heteroatoms. The summed E-state index contributed by atoms with van der Waals surface area (Å²) in [6.45, 7) is 2.04. The maximum Gasteiger partial charge on any atom is 0.261 e. The Balaban J connectivity index is 1.98. The molecule has 0 bridgehead atoms. The number of anilines is 1. The van der Waals surface area contributed by atoms with Gasteiger partial charge in [0.05, 0.1) is 23.1 Å². The van der Waals surface area contributed by atoms with E-state index in [4.69, 9.17) is 0 Å². The van der Waals surface area contributed by atoms with Crippen LogP contribution in [0.25, 0.3) is 5.69 Å². The van der Waals surface area contributed by atoms with Crippen molar-refractivity contribution in [1.82, 2.24) is 9.78 Å². The number of carbonyl (C=O) groups is 1. The molecule has 1 amide bonds. The highest BCUT2D eigenvalue weighted by Gasteiger charge is 2.21. The van der Waals surface area contributed by atoms with E-state index < -0.39 is 0 Å². The van der Waals surface area contributed by atoms with Crippen molar-refractivity contribution in [2.24, 2.45) is 0 Å². The lowest BCUT2D eigenvalue weighted by atomic mass is 10.1. The fourth-order valence-electron chi connectivity index (χ4n) is 2.63. The third-order valence-corrected chi connectivity index (χ3v) is 3.88. The van der Waals surface area contributed by atoms with Gasteiger partial charge in [-0.2, -0.15) is 5.10 Å². The van der Waals surface area contributed by atoms with Gasteiger partial charge in [0.2, 0.25) is 0 Å². The van der Waals surface area contributed by atoms with Gasteiger partial charge < -0.3 is 4.90 Å². The first-order chi connectivity index (χ1) is 11.2. The molecule has 0 spiro atoms. The number of rotatable bonds is 4. The summed E-state index contributed by atoms with van der Waals surface area (Å²) < 4.78 is 1.84. The number of hydrogen-bond donors (Lipinski definition) is 0. The molecule has 0 atom stereocenters. The van der Waals surface area contributed by atoms with Crippen molar-refractivity contribution in [2.75, 3.05) is 11.9 Å². The van der Waals surface area contributed by atoms with Crippen LogP contribution in [-0.2, 0) is 6.42 Å². The summed E-state index contributed by atoms with van der Waals surface area (Å²) in [6.07, 6.45) is 2.40. The van der Waals surface area contributed by atoms with Gasteiger partial charge in [0, 0.05) is 12.7 Å². The molecule has 0 unspecified atom stereocenters. The molecule has 0 aliphatic carbocycles. The molecule has 116 valence electrons. The van der Waals surface area contributed by atoms with Crippen LogP contribution in [0.5, 0.6) is 0 Å². The highest BCUT2D eigenvalue weighted by molar-refractivity contribution is 6.06. The van der Waals surface area contributed by atoms with Crippen molar-refractivity contribution in [3.8, 4) is 5.69 Å². The smallest absolute Gasteiger partial charge is 0.261 e. The van der Waals surface area contributed by atoms with Crippen LogP contribution in [0.1, 0.15) is 23.0 Å². The predicted octanol–water partition coefficient (Wildman–Crippen LogP) is 3.71. The van der Waals surface area contributed by atoms with E-state index in [0.717, 1.165) is 23.5 Å². The maximum atomic E-state index is 12.8. The van der Waals surface area contributed by atoms with Crippen LogP contribution in [-0.4, -0.2) is 22.7 Å². The minimum atomic E-state index is -0.0461. The summed E-state index contributed by atoms with van der Waals surface area (Å²) in [5.41, 5.74) is 3.39.